The molecule has 2 heteroatoms. The summed E-state index contributed by atoms with van der Waals surface area (Å²) in [5, 5.41) is 0. The van der Waals surface area contributed by atoms with Crippen LogP contribution in [-0.2, 0) is 6.54 Å². The van der Waals surface area contributed by atoms with Crippen molar-refractivity contribution in [2.24, 2.45) is 4.99 Å². The van der Waals surface area contributed by atoms with E-state index in [2.05, 4.69) is 53.9 Å². The van der Waals surface area contributed by atoms with E-state index >= 15 is 0 Å². The fraction of sp³-hybridized carbons (Fsp3) is 0.552. The number of rotatable bonds is 17. The van der Waals surface area contributed by atoms with Gasteiger partial charge in [0.05, 0.1) is 0 Å². The number of nitrogens with zero attached hydrogens (tertiary/aromatic N) is 2. The maximum absolute atomic E-state index is 5.57. The third-order valence-electron chi connectivity index (χ3n) is 5.66. The zero-order valence-corrected chi connectivity index (χ0v) is 19.6. The lowest BCUT2D eigenvalue weighted by molar-refractivity contribution is -0.921. The van der Waals surface area contributed by atoms with Gasteiger partial charge in [0.15, 0.2) is 0 Å². The quantitative estimate of drug-likeness (QED) is 0.123. The number of hydrogen-bond donors (Lipinski definition) is 0. The smallest absolute Gasteiger partial charge is 0.142 e. The molecule has 0 aliphatic carbocycles. The van der Waals surface area contributed by atoms with Gasteiger partial charge >= 0.3 is 0 Å². The molecule has 31 heavy (non-hydrogen) atoms. The van der Waals surface area contributed by atoms with Crippen molar-refractivity contribution in [3.05, 3.63) is 35.4 Å². The lowest BCUT2D eigenvalue weighted by Crippen LogP contribution is -2.48. The molecule has 0 aromatic heterocycles. The Morgan fingerprint density at radius 2 is 1.23 bits per heavy atom. The molecule has 0 spiro atoms. The molecule has 0 atom stereocenters. The minimum absolute atomic E-state index is 0.537. The Labute approximate surface area is 192 Å². The van der Waals surface area contributed by atoms with E-state index in [0.29, 0.717) is 24.1 Å². The van der Waals surface area contributed by atoms with Crippen LogP contribution in [0.15, 0.2) is 29.3 Å². The second-order valence-corrected chi connectivity index (χ2v) is 8.55. The monoisotopic (exact) mass is 417 g/mol. The van der Waals surface area contributed by atoms with E-state index in [1.54, 1.807) is 0 Å². The first-order valence-corrected chi connectivity index (χ1v) is 11.9. The zero-order valence-electron chi connectivity index (χ0n) is 19.6. The van der Waals surface area contributed by atoms with Crippen molar-refractivity contribution in [2.45, 2.75) is 77.7 Å². The van der Waals surface area contributed by atoms with E-state index in [0.717, 1.165) is 18.7 Å². The molecule has 0 fully saturated rings. The van der Waals surface area contributed by atoms with Gasteiger partial charge in [0.2, 0.25) is 0 Å². The highest BCUT2D eigenvalue weighted by atomic mass is 15.3. The summed E-state index contributed by atoms with van der Waals surface area (Å²) in [6, 6.07) is 8.46. The molecule has 166 valence electrons. The highest BCUT2D eigenvalue weighted by molar-refractivity contribution is 5.79. The normalized spacial score (nSPS) is 11.2. The molecule has 0 heterocycles. The number of terminal acetylenes is 3. The van der Waals surface area contributed by atoms with Gasteiger partial charge in [0.1, 0.15) is 26.2 Å². The Morgan fingerprint density at radius 3 is 1.71 bits per heavy atom. The van der Waals surface area contributed by atoms with E-state index < -0.39 is 0 Å². The lowest BCUT2D eigenvalue weighted by Gasteiger charge is -2.33. The first kappa shape index (κ1) is 26.6. The summed E-state index contributed by atoms with van der Waals surface area (Å²) in [5.74, 6) is 8.21. The van der Waals surface area contributed by atoms with Crippen molar-refractivity contribution in [1.82, 2.24) is 0 Å². The number of benzene rings is 1. The van der Waals surface area contributed by atoms with E-state index in [1.807, 2.05) is 6.21 Å². The van der Waals surface area contributed by atoms with Crippen LogP contribution in [0.3, 0.4) is 0 Å². The zero-order chi connectivity index (χ0) is 22.6. The Hall–Kier alpha value is -2.47. The Bertz CT molecular complexity index is 696. The Balaban J connectivity index is 2.32. The molecule has 1 rings (SSSR count). The highest BCUT2D eigenvalue weighted by Crippen LogP contribution is 2.15. The van der Waals surface area contributed by atoms with E-state index in [9.17, 15) is 0 Å². The average Bonchev–Trinajstić information content (AvgIpc) is 2.76. The van der Waals surface area contributed by atoms with Gasteiger partial charge in [0, 0.05) is 18.3 Å². The van der Waals surface area contributed by atoms with Gasteiger partial charge in [-0.1, -0.05) is 89.0 Å². The maximum Gasteiger partial charge on any atom is 0.142 e. The van der Waals surface area contributed by atoms with Crippen LogP contribution in [0.25, 0.3) is 0 Å². The topological polar surface area (TPSA) is 12.4 Å². The summed E-state index contributed by atoms with van der Waals surface area (Å²) in [6.07, 6.45) is 32.2. The van der Waals surface area contributed by atoms with Crippen molar-refractivity contribution in [3.8, 4) is 37.0 Å². The van der Waals surface area contributed by atoms with Crippen LogP contribution >= 0.6 is 0 Å². The molecule has 0 saturated heterocycles. The second kappa shape index (κ2) is 17.2. The van der Waals surface area contributed by atoms with Crippen molar-refractivity contribution >= 4 is 6.21 Å². The third-order valence-corrected chi connectivity index (χ3v) is 5.66. The Kier molecular flexibility index (Phi) is 14.8. The fourth-order valence-corrected chi connectivity index (χ4v) is 3.87. The number of aliphatic imine (C=N–C) groups is 1. The minimum Gasteiger partial charge on any atom is -0.293 e. The first-order valence-electron chi connectivity index (χ1n) is 11.9. The largest absolute Gasteiger partial charge is 0.293 e. The highest BCUT2D eigenvalue weighted by Gasteiger charge is 2.24. The van der Waals surface area contributed by atoms with Gasteiger partial charge in [0.25, 0.3) is 0 Å². The number of quaternary nitrogens is 1. The minimum atomic E-state index is 0.537. The second-order valence-electron chi connectivity index (χ2n) is 8.55. The van der Waals surface area contributed by atoms with Gasteiger partial charge < -0.3 is 0 Å². The molecule has 1 aromatic carbocycles. The summed E-state index contributed by atoms with van der Waals surface area (Å²) >= 11 is 0. The van der Waals surface area contributed by atoms with Crippen LogP contribution in [0.1, 0.15) is 82.3 Å². The van der Waals surface area contributed by atoms with Crippen molar-refractivity contribution in [2.75, 3.05) is 26.2 Å². The summed E-state index contributed by atoms with van der Waals surface area (Å²) in [4.78, 5) is 4.59. The fourth-order valence-electron chi connectivity index (χ4n) is 3.87. The van der Waals surface area contributed by atoms with Crippen molar-refractivity contribution < 1.29 is 4.48 Å². The molecule has 0 radical (unpaired) electrons. The molecular formula is C29H41N2+. The van der Waals surface area contributed by atoms with Gasteiger partial charge in [-0.3, -0.25) is 9.48 Å². The van der Waals surface area contributed by atoms with E-state index in [4.69, 9.17) is 19.3 Å². The van der Waals surface area contributed by atoms with Crippen LogP contribution in [0, 0.1) is 37.0 Å². The van der Waals surface area contributed by atoms with Crippen LogP contribution < -0.4 is 0 Å². The summed E-state index contributed by atoms with van der Waals surface area (Å²) < 4.78 is 0.537. The molecule has 2 nitrogen and oxygen atoms in total. The molecule has 1 aromatic rings. The predicted octanol–water partition coefficient (Wildman–Crippen LogP) is 6.24. The summed E-state index contributed by atoms with van der Waals surface area (Å²) in [6.45, 7) is 5.54. The molecule has 0 aliphatic rings. The first-order chi connectivity index (χ1) is 15.2. The predicted molar refractivity (Wildman–Crippen MR) is 136 cm³/mol. The standard InChI is InChI=1S/C29H41N2/c1-5-9-10-11-12-13-14-15-16-17-22-30-26-28-18-20-29(21-19-28)27-31(23-6-2,24-7-3)25-8-4/h2-4,18-21,26H,5,9-17,22-25,27H2,1H3/q+1/b30-26+. The molecule has 0 bridgehead atoms. The summed E-state index contributed by atoms with van der Waals surface area (Å²) in [7, 11) is 0. The van der Waals surface area contributed by atoms with Crippen molar-refractivity contribution in [1.29, 1.82) is 0 Å². The lowest BCUT2D eigenvalue weighted by atomic mass is 10.1. The number of hydrogen-bond acceptors (Lipinski definition) is 1. The average molecular weight is 418 g/mol. The molecule has 0 amide bonds. The van der Waals surface area contributed by atoms with Crippen LogP contribution in [0.2, 0.25) is 0 Å². The maximum atomic E-state index is 5.57. The van der Waals surface area contributed by atoms with Gasteiger partial charge in [-0.25, -0.2) is 0 Å². The van der Waals surface area contributed by atoms with Gasteiger partial charge in [-0.05, 0) is 29.7 Å². The molecule has 0 N–H and O–H groups in total. The third kappa shape index (κ3) is 12.1. The van der Waals surface area contributed by atoms with Gasteiger partial charge in [-0.15, -0.1) is 19.3 Å². The molecule has 0 aliphatic heterocycles. The van der Waals surface area contributed by atoms with E-state index in [1.165, 1.54) is 69.8 Å². The van der Waals surface area contributed by atoms with Crippen LogP contribution in [0.5, 0.6) is 0 Å². The summed E-state index contributed by atoms with van der Waals surface area (Å²) in [5.41, 5.74) is 2.31. The molecular weight excluding hydrogens is 376 g/mol. The van der Waals surface area contributed by atoms with Gasteiger partial charge in [-0.2, -0.15) is 0 Å². The Morgan fingerprint density at radius 1 is 0.742 bits per heavy atom. The SMILES string of the molecule is C#CC[N+](CC#C)(CC#C)Cc1ccc(/C=N/CCCCCCCCCCCC)cc1. The number of unbranched alkanes of at least 4 members (excludes halogenated alkanes) is 9. The van der Waals surface area contributed by atoms with E-state index in [-0.39, 0.29) is 0 Å². The van der Waals surface area contributed by atoms with Crippen LogP contribution in [0.4, 0.5) is 0 Å². The van der Waals surface area contributed by atoms with Crippen molar-refractivity contribution in [3.63, 3.8) is 0 Å². The molecule has 0 unspecified atom stereocenters. The molecule has 0 saturated carbocycles. The van der Waals surface area contributed by atoms with Crippen LogP contribution in [-0.4, -0.2) is 36.9 Å².